The fraction of sp³-hybridized carbons (Fsp3) is 0.105. The number of anilines is 2. The second-order valence-electron chi connectivity index (χ2n) is 5.83. The molecule has 7 heteroatoms. The number of rotatable bonds is 3. The van der Waals surface area contributed by atoms with Gasteiger partial charge in [0.1, 0.15) is 5.03 Å². The van der Waals surface area contributed by atoms with E-state index in [1.54, 1.807) is 42.5 Å². The lowest BCUT2D eigenvalue weighted by atomic mass is 10.1. The maximum Gasteiger partial charge on any atom is 0.277 e. The van der Waals surface area contributed by atoms with Crippen molar-refractivity contribution in [2.45, 2.75) is 13.8 Å². The van der Waals surface area contributed by atoms with Crippen molar-refractivity contribution in [2.75, 3.05) is 10.2 Å². The van der Waals surface area contributed by atoms with E-state index in [0.717, 1.165) is 10.5 Å². The first kappa shape index (κ1) is 18.2. The Bertz CT molecular complexity index is 965. The molecule has 0 fully saturated rings. The van der Waals surface area contributed by atoms with Gasteiger partial charge in [-0.1, -0.05) is 41.4 Å². The Kier molecular flexibility index (Phi) is 4.85. The maximum absolute atomic E-state index is 12.8. The second-order valence-corrected chi connectivity index (χ2v) is 6.61. The summed E-state index contributed by atoms with van der Waals surface area (Å²) in [6.45, 7) is 3.23. The molecule has 26 heavy (non-hydrogen) atoms. The molecule has 132 valence electrons. The molecule has 1 N–H and O–H groups in total. The Hall–Kier alpha value is -2.63. The predicted octanol–water partition coefficient (Wildman–Crippen LogP) is 4.13. The molecule has 0 atom stereocenters. The standard InChI is InChI=1S/C19H14Cl2N2O3/c1-10-3-8-14(9-15(10)20)23-18(25)16(17(21)19(23)26)12-4-6-13(7-5-12)22-11(2)24/h3-9H,1-2H3,(H,22,24). The monoisotopic (exact) mass is 388 g/mol. The number of nitrogens with one attached hydrogen (secondary N) is 1. The minimum atomic E-state index is -0.600. The summed E-state index contributed by atoms with van der Waals surface area (Å²) >= 11 is 12.3. The van der Waals surface area contributed by atoms with E-state index < -0.39 is 11.8 Å². The van der Waals surface area contributed by atoms with Crippen LogP contribution >= 0.6 is 23.2 Å². The minimum absolute atomic E-state index is 0.114. The molecule has 1 aliphatic heterocycles. The fourth-order valence-corrected chi connectivity index (χ4v) is 3.08. The van der Waals surface area contributed by atoms with Crippen molar-refractivity contribution >= 4 is 57.9 Å². The molecule has 0 spiro atoms. The number of carbonyl (C=O) groups excluding carboxylic acids is 3. The number of hydrogen-bond donors (Lipinski definition) is 1. The average Bonchev–Trinajstić information content (AvgIpc) is 2.80. The van der Waals surface area contributed by atoms with Gasteiger partial charge in [0.15, 0.2) is 0 Å². The molecule has 0 unspecified atom stereocenters. The summed E-state index contributed by atoms with van der Waals surface area (Å²) in [4.78, 5) is 37.5. The smallest absolute Gasteiger partial charge is 0.277 e. The zero-order valence-electron chi connectivity index (χ0n) is 14.0. The molecule has 2 aromatic carbocycles. The first-order valence-electron chi connectivity index (χ1n) is 7.72. The van der Waals surface area contributed by atoms with E-state index in [1.807, 2.05) is 6.92 Å². The zero-order valence-corrected chi connectivity index (χ0v) is 15.5. The van der Waals surface area contributed by atoms with Gasteiger partial charge < -0.3 is 5.32 Å². The van der Waals surface area contributed by atoms with E-state index in [-0.39, 0.29) is 16.5 Å². The molecule has 3 rings (SSSR count). The van der Waals surface area contributed by atoms with E-state index >= 15 is 0 Å². The molecule has 1 heterocycles. The highest BCUT2D eigenvalue weighted by Crippen LogP contribution is 2.36. The quantitative estimate of drug-likeness (QED) is 0.803. The normalized spacial score (nSPS) is 14.2. The SMILES string of the molecule is CC(=O)Nc1ccc(C2=C(Cl)C(=O)N(c3ccc(C)c(Cl)c3)C2=O)cc1. The fourth-order valence-electron chi connectivity index (χ4n) is 2.63. The van der Waals surface area contributed by atoms with Crippen molar-refractivity contribution in [1.82, 2.24) is 0 Å². The molecule has 0 saturated heterocycles. The summed E-state index contributed by atoms with van der Waals surface area (Å²) in [5.74, 6) is -1.32. The lowest BCUT2D eigenvalue weighted by Crippen LogP contribution is -2.31. The van der Waals surface area contributed by atoms with Gasteiger partial charge in [-0.3, -0.25) is 14.4 Å². The number of amides is 3. The van der Waals surface area contributed by atoms with Crippen LogP contribution in [0, 0.1) is 6.92 Å². The first-order valence-corrected chi connectivity index (χ1v) is 8.48. The van der Waals surface area contributed by atoms with Gasteiger partial charge in [-0.05, 0) is 42.3 Å². The number of nitrogens with zero attached hydrogens (tertiary/aromatic N) is 1. The van der Waals surface area contributed by atoms with E-state index in [0.29, 0.717) is 22.0 Å². The van der Waals surface area contributed by atoms with E-state index in [9.17, 15) is 14.4 Å². The van der Waals surface area contributed by atoms with Crippen LogP contribution in [0.5, 0.6) is 0 Å². The number of carbonyl (C=O) groups is 3. The van der Waals surface area contributed by atoms with Gasteiger partial charge >= 0.3 is 0 Å². The molecular weight excluding hydrogens is 375 g/mol. The van der Waals surface area contributed by atoms with E-state index in [4.69, 9.17) is 23.2 Å². The van der Waals surface area contributed by atoms with Gasteiger partial charge in [-0.2, -0.15) is 0 Å². The summed E-state index contributed by atoms with van der Waals surface area (Å²) in [6.07, 6.45) is 0. The molecule has 0 aliphatic carbocycles. The van der Waals surface area contributed by atoms with Crippen LogP contribution in [0.4, 0.5) is 11.4 Å². The van der Waals surface area contributed by atoms with Crippen LogP contribution in [0.1, 0.15) is 18.1 Å². The van der Waals surface area contributed by atoms with Gasteiger partial charge in [0, 0.05) is 17.6 Å². The van der Waals surface area contributed by atoms with Crippen molar-refractivity contribution in [3.8, 4) is 0 Å². The summed E-state index contributed by atoms with van der Waals surface area (Å²) < 4.78 is 0. The highest BCUT2D eigenvalue weighted by molar-refractivity contribution is 6.60. The zero-order chi connectivity index (χ0) is 19.0. The molecule has 0 saturated carbocycles. The Labute approximate surface area is 160 Å². The molecule has 0 aromatic heterocycles. The maximum atomic E-state index is 12.8. The van der Waals surface area contributed by atoms with Crippen molar-refractivity contribution < 1.29 is 14.4 Å². The van der Waals surface area contributed by atoms with Gasteiger partial charge in [-0.25, -0.2) is 4.90 Å². The van der Waals surface area contributed by atoms with Gasteiger partial charge in [0.05, 0.1) is 11.3 Å². The molecule has 0 radical (unpaired) electrons. The van der Waals surface area contributed by atoms with Crippen LogP contribution in [0.25, 0.3) is 5.57 Å². The van der Waals surface area contributed by atoms with Crippen molar-refractivity contribution in [3.63, 3.8) is 0 Å². The van der Waals surface area contributed by atoms with E-state index in [2.05, 4.69) is 5.32 Å². The van der Waals surface area contributed by atoms with Crippen LogP contribution in [0.2, 0.25) is 5.02 Å². The topological polar surface area (TPSA) is 66.5 Å². The van der Waals surface area contributed by atoms with Crippen LogP contribution in [-0.4, -0.2) is 17.7 Å². The summed E-state index contributed by atoms with van der Waals surface area (Å²) in [5.41, 5.74) is 2.38. The van der Waals surface area contributed by atoms with Crippen LogP contribution < -0.4 is 10.2 Å². The number of benzene rings is 2. The minimum Gasteiger partial charge on any atom is -0.326 e. The van der Waals surface area contributed by atoms with Gasteiger partial charge in [0.2, 0.25) is 5.91 Å². The average molecular weight is 389 g/mol. The number of imide groups is 1. The van der Waals surface area contributed by atoms with Gasteiger partial charge in [0.25, 0.3) is 11.8 Å². The Morgan fingerprint density at radius 2 is 1.65 bits per heavy atom. The van der Waals surface area contributed by atoms with E-state index in [1.165, 1.54) is 6.92 Å². The number of aryl methyl sites for hydroxylation is 1. The summed E-state index contributed by atoms with van der Waals surface area (Å²) in [5, 5.41) is 2.93. The van der Waals surface area contributed by atoms with Crippen LogP contribution in [-0.2, 0) is 14.4 Å². The molecule has 5 nitrogen and oxygen atoms in total. The highest BCUT2D eigenvalue weighted by atomic mass is 35.5. The third kappa shape index (κ3) is 3.23. The molecule has 0 bridgehead atoms. The third-order valence-corrected chi connectivity index (χ3v) is 4.69. The summed E-state index contributed by atoms with van der Waals surface area (Å²) in [7, 11) is 0. The van der Waals surface area contributed by atoms with Crippen molar-refractivity contribution in [1.29, 1.82) is 0 Å². The first-order chi connectivity index (χ1) is 12.3. The molecule has 1 aliphatic rings. The highest BCUT2D eigenvalue weighted by Gasteiger charge is 2.39. The lowest BCUT2D eigenvalue weighted by molar-refractivity contribution is -0.120. The Balaban J connectivity index is 1.96. The lowest BCUT2D eigenvalue weighted by Gasteiger charge is -2.16. The predicted molar refractivity (Wildman–Crippen MR) is 102 cm³/mol. The number of hydrogen-bond acceptors (Lipinski definition) is 3. The second kappa shape index (κ2) is 6.94. The van der Waals surface area contributed by atoms with Crippen LogP contribution in [0.15, 0.2) is 47.5 Å². The Morgan fingerprint density at radius 3 is 2.23 bits per heavy atom. The third-order valence-electron chi connectivity index (χ3n) is 3.93. The number of halogens is 2. The molecular formula is C19H14Cl2N2O3. The largest absolute Gasteiger partial charge is 0.326 e. The molecule has 3 amide bonds. The Morgan fingerprint density at radius 1 is 1.00 bits per heavy atom. The van der Waals surface area contributed by atoms with Crippen LogP contribution in [0.3, 0.4) is 0 Å². The van der Waals surface area contributed by atoms with Gasteiger partial charge in [-0.15, -0.1) is 0 Å². The van der Waals surface area contributed by atoms with Crippen molar-refractivity contribution in [2.24, 2.45) is 0 Å². The summed E-state index contributed by atoms with van der Waals surface area (Å²) in [6, 6.07) is 11.4. The molecule has 2 aromatic rings. The van der Waals surface area contributed by atoms with Crippen molar-refractivity contribution in [3.05, 3.63) is 63.6 Å².